The fraction of sp³-hybridized carbons (Fsp3) is 0.150. The molecule has 1 heterocycles. The molecule has 0 aliphatic rings. The highest BCUT2D eigenvalue weighted by atomic mass is 35.5. The standard InChI is InChI=1S/C20H18ClN3O4/c1-11-18(19(24-28-11)14-6-4-5-7-15(14)21)20(26)23-13-8-9-16(22-12(2)25)17(10-13)27-3/h4-10H,1-3H3,(H,22,25)(H,23,26). The maximum Gasteiger partial charge on any atom is 0.261 e. The van der Waals surface area contributed by atoms with Gasteiger partial charge >= 0.3 is 0 Å². The molecule has 3 rings (SSSR count). The zero-order valence-corrected chi connectivity index (χ0v) is 16.3. The number of anilines is 2. The Morgan fingerprint density at radius 1 is 1.14 bits per heavy atom. The van der Waals surface area contributed by atoms with E-state index in [-0.39, 0.29) is 11.5 Å². The number of halogens is 1. The van der Waals surface area contributed by atoms with Crippen molar-refractivity contribution in [3.05, 3.63) is 58.8 Å². The summed E-state index contributed by atoms with van der Waals surface area (Å²) in [4.78, 5) is 24.2. The van der Waals surface area contributed by atoms with Crippen molar-refractivity contribution in [2.24, 2.45) is 0 Å². The number of ether oxygens (including phenoxy) is 1. The van der Waals surface area contributed by atoms with Gasteiger partial charge in [-0.1, -0.05) is 35.0 Å². The first kappa shape index (κ1) is 19.4. The Bertz CT molecular complexity index is 1050. The lowest BCUT2D eigenvalue weighted by Gasteiger charge is -2.12. The molecule has 2 N–H and O–H groups in total. The Morgan fingerprint density at radius 3 is 2.57 bits per heavy atom. The zero-order valence-electron chi connectivity index (χ0n) is 15.5. The third kappa shape index (κ3) is 3.99. The molecule has 0 saturated carbocycles. The average Bonchev–Trinajstić information content (AvgIpc) is 3.04. The number of aromatic nitrogens is 1. The summed E-state index contributed by atoms with van der Waals surface area (Å²) in [6, 6.07) is 12.0. The Labute approximate surface area is 166 Å². The summed E-state index contributed by atoms with van der Waals surface area (Å²) in [5, 5.41) is 9.92. The number of nitrogens with zero attached hydrogens (tertiary/aromatic N) is 1. The second-order valence-corrected chi connectivity index (χ2v) is 6.40. The van der Waals surface area contributed by atoms with E-state index in [1.807, 2.05) is 0 Å². The van der Waals surface area contributed by atoms with Crippen LogP contribution >= 0.6 is 11.6 Å². The highest BCUT2D eigenvalue weighted by molar-refractivity contribution is 6.33. The van der Waals surface area contributed by atoms with Crippen molar-refractivity contribution in [1.82, 2.24) is 5.16 Å². The molecule has 0 bridgehead atoms. The molecule has 0 saturated heterocycles. The number of amides is 2. The average molecular weight is 400 g/mol. The summed E-state index contributed by atoms with van der Waals surface area (Å²) in [5.41, 5.74) is 2.25. The lowest BCUT2D eigenvalue weighted by atomic mass is 10.1. The van der Waals surface area contributed by atoms with E-state index in [0.717, 1.165) is 0 Å². The Morgan fingerprint density at radius 2 is 1.89 bits per heavy atom. The van der Waals surface area contributed by atoms with Gasteiger partial charge in [-0.3, -0.25) is 9.59 Å². The van der Waals surface area contributed by atoms with Crippen molar-refractivity contribution in [3.8, 4) is 17.0 Å². The fourth-order valence-corrected chi connectivity index (χ4v) is 2.96. The van der Waals surface area contributed by atoms with Crippen molar-refractivity contribution in [3.63, 3.8) is 0 Å². The molecule has 0 radical (unpaired) electrons. The van der Waals surface area contributed by atoms with E-state index >= 15 is 0 Å². The van der Waals surface area contributed by atoms with Crippen LogP contribution in [0, 0.1) is 6.92 Å². The van der Waals surface area contributed by atoms with Gasteiger partial charge in [0.25, 0.3) is 5.91 Å². The maximum atomic E-state index is 12.9. The number of hydrogen-bond donors (Lipinski definition) is 2. The molecule has 1 aromatic heterocycles. The molecular weight excluding hydrogens is 382 g/mol. The zero-order chi connectivity index (χ0) is 20.3. The molecule has 144 valence electrons. The molecular formula is C20H18ClN3O4. The second kappa shape index (κ2) is 8.14. The van der Waals surface area contributed by atoms with E-state index in [0.29, 0.717) is 39.2 Å². The van der Waals surface area contributed by atoms with Gasteiger partial charge < -0.3 is 19.9 Å². The van der Waals surface area contributed by atoms with E-state index in [1.54, 1.807) is 49.4 Å². The van der Waals surface area contributed by atoms with Crippen LogP contribution in [-0.4, -0.2) is 24.1 Å². The quantitative estimate of drug-likeness (QED) is 0.657. The van der Waals surface area contributed by atoms with Crippen molar-refractivity contribution in [1.29, 1.82) is 0 Å². The van der Waals surface area contributed by atoms with Crippen LogP contribution in [0.5, 0.6) is 5.75 Å². The van der Waals surface area contributed by atoms with Crippen LogP contribution in [0.25, 0.3) is 11.3 Å². The summed E-state index contributed by atoms with van der Waals surface area (Å²) in [5.74, 6) is 0.165. The van der Waals surface area contributed by atoms with Crippen molar-refractivity contribution < 1.29 is 18.8 Å². The third-order valence-electron chi connectivity index (χ3n) is 3.99. The first-order valence-electron chi connectivity index (χ1n) is 8.39. The molecule has 2 amide bonds. The van der Waals surface area contributed by atoms with Crippen LogP contribution in [0.15, 0.2) is 47.0 Å². The van der Waals surface area contributed by atoms with E-state index < -0.39 is 5.91 Å². The van der Waals surface area contributed by atoms with Gasteiger partial charge in [-0.15, -0.1) is 0 Å². The van der Waals surface area contributed by atoms with Gasteiger partial charge in [-0.05, 0) is 25.1 Å². The number of carbonyl (C=O) groups excluding carboxylic acids is 2. The largest absolute Gasteiger partial charge is 0.494 e. The summed E-state index contributed by atoms with van der Waals surface area (Å²) in [6.07, 6.45) is 0. The molecule has 0 fully saturated rings. The summed E-state index contributed by atoms with van der Waals surface area (Å²) >= 11 is 6.24. The summed E-state index contributed by atoms with van der Waals surface area (Å²) in [7, 11) is 1.48. The number of benzene rings is 2. The molecule has 28 heavy (non-hydrogen) atoms. The van der Waals surface area contributed by atoms with Crippen molar-refractivity contribution >= 4 is 34.8 Å². The maximum absolute atomic E-state index is 12.9. The van der Waals surface area contributed by atoms with Crippen molar-refractivity contribution in [2.45, 2.75) is 13.8 Å². The van der Waals surface area contributed by atoms with Crippen LogP contribution in [-0.2, 0) is 4.79 Å². The lowest BCUT2D eigenvalue weighted by Crippen LogP contribution is -2.14. The minimum atomic E-state index is -0.400. The van der Waals surface area contributed by atoms with Gasteiger partial charge in [-0.25, -0.2) is 0 Å². The highest BCUT2D eigenvalue weighted by Gasteiger charge is 2.23. The van der Waals surface area contributed by atoms with Gasteiger partial charge in [0, 0.05) is 24.2 Å². The number of methoxy groups -OCH3 is 1. The normalized spacial score (nSPS) is 10.4. The molecule has 0 aliphatic heterocycles. The minimum Gasteiger partial charge on any atom is -0.494 e. The van der Waals surface area contributed by atoms with E-state index in [4.69, 9.17) is 20.9 Å². The SMILES string of the molecule is COc1cc(NC(=O)c2c(-c3ccccc3Cl)noc2C)ccc1NC(C)=O. The van der Waals surface area contributed by atoms with E-state index in [9.17, 15) is 9.59 Å². The van der Waals surface area contributed by atoms with Crippen LogP contribution in [0.3, 0.4) is 0 Å². The first-order valence-corrected chi connectivity index (χ1v) is 8.76. The smallest absolute Gasteiger partial charge is 0.261 e. The van der Waals surface area contributed by atoms with E-state index in [1.165, 1.54) is 14.0 Å². The molecule has 0 atom stereocenters. The van der Waals surface area contributed by atoms with Gasteiger partial charge in [0.1, 0.15) is 22.8 Å². The molecule has 7 nitrogen and oxygen atoms in total. The predicted molar refractivity (Wildman–Crippen MR) is 107 cm³/mol. The second-order valence-electron chi connectivity index (χ2n) is 5.99. The molecule has 2 aromatic carbocycles. The highest BCUT2D eigenvalue weighted by Crippen LogP contribution is 2.32. The first-order chi connectivity index (χ1) is 13.4. The van der Waals surface area contributed by atoms with E-state index in [2.05, 4.69) is 15.8 Å². The Kier molecular flexibility index (Phi) is 5.65. The number of aryl methyl sites for hydroxylation is 1. The molecule has 0 unspecified atom stereocenters. The van der Waals surface area contributed by atoms with Crippen molar-refractivity contribution in [2.75, 3.05) is 17.7 Å². The number of rotatable bonds is 5. The Hall–Kier alpha value is -3.32. The van der Waals surface area contributed by atoms with Crippen LogP contribution in [0.1, 0.15) is 23.0 Å². The monoisotopic (exact) mass is 399 g/mol. The molecule has 0 aliphatic carbocycles. The molecule has 3 aromatic rings. The Balaban J connectivity index is 1.91. The molecule has 8 heteroatoms. The summed E-state index contributed by atoms with van der Waals surface area (Å²) in [6.45, 7) is 3.06. The van der Waals surface area contributed by atoms with Crippen LogP contribution < -0.4 is 15.4 Å². The van der Waals surface area contributed by atoms with Crippen LogP contribution in [0.2, 0.25) is 5.02 Å². The third-order valence-corrected chi connectivity index (χ3v) is 4.32. The lowest BCUT2D eigenvalue weighted by molar-refractivity contribution is -0.114. The van der Waals surface area contributed by atoms with Gasteiger partial charge in [0.15, 0.2) is 0 Å². The molecule has 0 spiro atoms. The minimum absolute atomic E-state index is 0.223. The number of carbonyl (C=O) groups is 2. The fourth-order valence-electron chi connectivity index (χ4n) is 2.73. The summed E-state index contributed by atoms with van der Waals surface area (Å²) < 4.78 is 10.5. The van der Waals surface area contributed by atoms with Gasteiger partial charge in [0.2, 0.25) is 5.91 Å². The number of hydrogen-bond acceptors (Lipinski definition) is 5. The van der Waals surface area contributed by atoms with Crippen LogP contribution in [0.4, 0.5) is 11.4 Å². The predicted octanol–water partition coefficient (Wildman–Crippen LogP) is 4.52. The van der Waals surface area contributed by atoms with Gasteiger partial charge in [0.05, 0.1) is 17.8 Å². The number of nitrogens with one attached hydrogen (secondary N) is 2. The topological polar surface area (TPSA) is 93.5 Å². The van der Waals surface area contributed by atoms with Gasteiger partial charge in [-0.2, -0.15) is 0 Å².